The smallest absolute Gasteiger partial charge is 0.349 e. The molecule has 1 aromatic heterocycles. The molecule has 1 unspecified atom stereocenters. The number of nitrogens with one attached hydrogen (secondary N) is 1. The van der Waals surface area contributed by atoms with Crippen molar-refractivity contribution in [2.75, 3.05) is 13.2 Å². The lowest BCUT2D eigenvalue weighted by Crippen LogP contribution is -2.34. The minimum absolute atomic E-state index is 0.0180. The molecule has 1 saturated heterocycles. The Morgan fingerprint density at radius 3 is 2.71 bits per heavy atom. The van der Waals surface area contributed by atoms with E-state index in [2.05, 4.69) is 5.32 Å². The van der Waals surface area contributed by atoms with Gasteiger partial charge in [0, 0.05) is 31.0 Å². The van der Waals surface area contributed by atoms with Crippen LogP contribution in [0.25, 0.3) is 11.0 Å². The zero-order valence-electron chi connectivity index (χ0n) is 17.0. The maximum absolute atomic E-state index is 12.4. The van der Waals surface area contributed by atoms with Crippen LogP contribution in [0.3, 0.4) is 0 Å². The third kappa shape index (κ3) is 5.38. The standard InChI is InChI=1S/C24H23NO6/c26-22(11-8-16-5-2-1-3-6-16)30-18-10-9-17-13-20(24(28)31-21(17)14-18)23(27)25-15-19-7-4-12-29-19/h1-3,5-6,9-10,13-14,19H,4,7-8,11-12,15H2,(H,25,27). The van der Waals surface area contributed by atoms with Crippen LogP contribution in [-0.4, -0.2) is 31.1 Å². The summed E-state index contributed by atoms with van der Waals surface area (Å²) in [4.78, 5) is 36.8. The van der Waals surface area contributed by atoms with Crippen LogP contribution in [0.1, 0.15) is 35.2 Å². The average molecular weight is 421 g/mol. The molecule has 0 saturated carbocycles. The molecule has 7 nitrogen and oxygen atoms in total. The molecule has 1 aliphatic heterocycles. The summed E-state index contributed by atoms with van der Waals surface area (Å²) in [7, 11) is 0. The highest BCUT2D eigenvalue weighted by Crippen LogP contribution is 2.21. The number of carbonyl (C=O) groups is 2. The number of amides is 1. The first-order valence-corrected chi connectivity index (χ1v) is 10.3. The first-order chi connectivity index (χ1) is 15.1. The summed E-state index contributed by atoms with van der Waals surface area (Å²) in [6, 6.07) is 15.9. The van der Waals surface area contributed by atoms with Crippen LogP contribution in [0.4, 0.5) is 0 Å². The van der Waals surface area contributed by atoms with Crippen LogP contribution in [0.5, 0.6) is 5.75 Å². The van der Waals surface area contributed by atoms with Gasteiger partial charge in [-0.15, -0.1) is 0 Å². The van der Waals surface area contributed by atoms with Crippen LogP contribution in [-0.2, 0) is 16.0 Å². The summed E-state index contributed by atoms with van der Waals surface area (Å²) in [6.45, 7) is 1.05. The molecule has 1 N–H and O–H groups in total. The summed E-state index contributed by atoms with van der Waals surface area (Å²) in [6.07, 6.45) is 2.65. The molecule has 0 radical (unpaired) electrons. The van der Waals surface area contributed by atoms with Crippen molar-refractivity contribution in [3.8, 4) is 5.75 Å². The predicted molar refractivity (Wildman–Crippen MR) is 114 cm³/mol. The summed E-state index contributed by atoms with van der Waals surface area (Å²) in [5, 5.41) is 3.28. The lowest BCUT2D eigenvalue weighted by atomic mass is 10.1. The summed E-state index contributed by atoms with van der Waals surface area (Å²) >= 11 is 0. The number of aryl methyl sites for hydroxylation is 1. The Morgan fingerprint density at radius 1 is 1.10 bits per heavy atom. The van der Waals surface area contributed by atoms with Crippen molar-refractivity contribution >= 4 is 22.8 Å². The SMILES string of the molecule is O=C(CCc1ccccc1)Oc1ccc2cc(C(=O)NCC3CCCO3)c(=O)oc2c1. The van der Waals surface area contributed by atoms with Crippen molar-refractivity contribution in [3.05, 3.63) is 76.1 Å². The number of hydrogen-bond donors (Lipinski definition) is 1. The van der Waals surface area contributed by atoms with Crippen molar-refractivity contribution in [3.63, 3.8) is 0 Å². The van der Waals surface area contributed by atoms with Gasteiger partial charge in [-0.05, 0) is 43.0 Å². The number of rotatable bonds is 7. The highest BCUT2D eigenvalue weighted by Gasteiger charge is 2.19. The molecular formula is C24H23NO6. The fraction of sp³-hybridized carbons (Fsp3) is 0.292. The van der Waals surface area contributed by atoms with Gasteiger partial charge in [-0.3, -0.25) is 9.59 Å². The fourth-order valence-corrected chi connectivity index (χ4v) is 3.49. The van der Waals surface area contributed by atoms with E-state index in [0.717, 1.165) is 18.4 Å². The van der Waals surface area contributed by atoms with Gasteiger partial charge in [0.25, 0.3) is 5.91 Å². The second-order valence-corrected chi connectivity index (χ2v) is 7.45. The number of esters is 1. The molecule has 2 aromatic carbocycles. The molecule has 0 spiro atoms. The quantitative estimate of drug-likeness (QED) is 0.358. The highest BCUT2D eigenvalue weighted by atomic mass is 16.5. The molecule has 1 fully saturated rings. The number of fused-ring (bicyclic) bond motifs is 1. The average Bonchev–Trinajstić information content (AvgIpc) is 3.30. The second kappa shape index (κ2) is 9.57. The van der Waals surface area contributed by atoms with Gasteiger partial charge in [-0.1, -0.05) is 30.3 Å². The van der Waals surface area contributed by atoms with Crippen molar-refractivity contribution < 1.29 is 23.5 Å². The normalized spacial score (nSPS) is 15.7. The van der Waals surface area contributed by atoms with E-state index >= 15 is 0 Å². The molecule has 3 aromatic rings. The van der Waals surface area contributed by atoms with Gasteiger partial charge in [-0.2, -0.15) is 0 Å². The van der Waals surface area contributed by atoms with E-state index in [1.165, 1.54) is 12.1 Å². The predicted octanol–water partition coefficient (Wildman–Crippen LogP) is 3.24. The molecule has 31 heavy (non-hydrogen) atoms. The molecule has 0 bridgehead atoms. The number of ether oxygens (including phenoxy) is 2. The Kier molecular flexibility index (Phi) is 6.43. The monoisotopic (exact) mass is 421 g/mol. The molecule has 4 rings (SSSR count). The summed E-state index contributed by atoms with van der Waals surface area (Å²) in [5.41, 5.74) is 0.478. The van der Waals surface area contributed by atoms with E-state index in [1.807, 2.05) is 30.3 Å². The van der Waals surface area contributed by atoms with E-state index in [1.54, 1.807) is 12.1 Å². The summed E-state index contributed by atoms with van der Waals surface area (Å²) in [5.74, 6) is -0.595. The Balaban J connectivity index is 1.40. The van der Waals surface area contributed by atoms with E-state index in [-0.39, 0.29) is 35.4 Å². The van der Waals surface area contributed by atoms with Crippen molar-refractivity contribution in [2.24, 2.45) is 0 Å². The van der Waals surface area contributed by atoms with Gasteiger partial charge < -0.3 is 19.2 Å². The van der Waals surface area contributed by atoms with Gasteiger partial charge in [0.1, 0.15) is 16.9 Å². The van der Waals surface area contributed by atoms with Crippen LogP contribution in [0, 0.1) is 0 Å². The molecule has 7 heteroatoms. The third-order valence-corrected chi connectivity index (χ3v) is 5.16. The molecule has 2 heterocycles. The van der Waals surface area contributed by atoms with Gasteiger partial charge >= 0.3 is 11.6 Å². The van der Waals surface area contributed by atoms with E-state index in [4.69, 9.17) is 13.9 Å². The Bertz CT molecular complexity index is 1130. The minimum Gasteiger partial charge on any atom is -0.426 e. The number of benzene rings is 2. The van der Waals surface area contributed by atoms with Crippen LogP contribution >= 0.6 is 0 Å². The lowest BCUT2D eigenvalue weighted by Gasteiger charge is -2.10. The Hall–Kier alpha value is -3.45. The Morgan fingerprint density at radius 2 is 1.94 bits per heavy atom. The lowest BCUT2D eigenvalue weighted by molar-refractivity contribution is -0.134. The Labute approximate surface area is 179 Å². The van der Waals surface area contributed by atoms with Crippen LogP contribution in [0.15, 0.2) is 63.8 Å². The third-order valence-electron chi connectivity index (χ3n) is 5.16. The number of hydrogen-bond acceptors (Lipinski definition) is 6. The van der Waals surface area contributed by atoms with Crippen molar-refractivity contribution in [2.45, 2.75) is 31.8 Å². The van der Waals surface area contributed by atoms with Crippen molar-refractivity contribution in [1.29, 1.82) is 0 Å². The van der Waals surface area contributed by atoms with E-state index in [9.17, 15) is 14.4 Å². The molecule has 1 atom stereocenters. The molecular weight excluding hydrogens is 398 g/mol. The zero-order valence-corrected chi connectivity index (χ0v) is 17.0. The largest absolute Gasteiger partial charge is 0.426 e. The fourth-order valence-electron chi connectivity index (χ4n) is 3.49. The van der Waals surface area contributed by atoms with Gasteiger partial charge in [0.2, 0.25) is 0 Å². The number of carbonyl (C=O) groups excluding carboxylic acids is 2. The topological polar surface area (TPSA) is 94.8 Å². The maximum Gasteiger partial charge on any atom is 0.349 e. The maximum atomic E-state index is 12.4. The molecule has 1 amide bonds. The molecule has 0 aliphatic carbocycles. The van der Waals surface area contributed by atoms with E-state index in [0.29, 0.717) is 25.0 Å². The second-order valence-electron chi connectivity index (χ2n) is 7.45. The highest BCUT2D eigenvalue weighted by molar-refractivity contribution is 5.96. The first-order valence-electron chi connectivity index (χ1n) is 10.3. The molecule has 1 aliphatic rings. The van der Waals surface area contributed by atoms with Crippen LogP contribution < -0.4 is 15.7 Å². The van der Waals surface area contributed by atoms with Gasteiger partial charge in [0.05, 0.1) is 6.10 Å². The summed E-state index contributed by atoms with van der Waals surface area (Å²) < 4.78 is 16.1. The first kappa shape index (κ1) is 20.8. The van der Waals surface area contributed by atoms with Crippen LogP contribution in [0.2, 0.25) is 0 Å². The van der Waals surface area contributed by atoms with Gasteiger partial charge in [0.15, 0.2) is 0 Å². The minimum atomic E-state index is -0.745. The van der Waals surface area contributed by atoms with Gasteiger partial charge in [-0.25, -0.2) is 4.79 Å². The van der Waals surface area contributed by atoms with E-state index < -0.39 is 11.5 Å². The van der Waals surface area contributed by atoms with Crippen molar-refractivity contribution in [1.82, 2.24) is 5.32 Å². The molecule has 160 valence electrons. The zero-order chi connectivity index (χ0) is 21.6.